The topological polar surface area (TPSA) is 55.6 Å². The van der Waals surface area contributed by atoms with Gasteiger partial charge in [0.05, 0.1) is 12.8 Å². The summed E-state index contributed by atoms with van der Waals surface area (Å²) in [5.74, 6) is -0.126. The minimum Gasteiger partial charge on any atom is -0.497 e. The number of benzene rings is 2. The fraction of sp³-hybridized carbons (Fsp3) is 0.188. The van der Waals surface area contributed by atoms with Gasteiger partial charge in [-0.1, -0.05) is 12.1 Å². The van der Waals surface area contributed by atoms with Gasteiger partial charge in [0.25, 0.3) is 5.91 Å². The van der Waals surface area contributed by atoms with Crippen molar-refractivity contribution < 1.29 is 13.9 Å². The Hall–Kier alpha value is -2.56. The van der Waals surface area contributed by atoms with Crippen LogP contribution in [0.3, 0.4) is 0 Å². The molecule has 0 unspecified atom stereocenters. The third-order valence-electron chi connectivity index (χ3n) is 3.15. The molecule has 21 heavy (non-hydrogen) atoms. The average molecular weight is 288 g/mol. The molecule has 110 valence electrons. The van der Waals surface area contributed by atoms with Crippen molar-refractivity contribution in [1.29, 1.82) is 0 Å². The lowest BCUT2D eigenvalue weighted by Crippen LogP contribution is -2.26. The van der Waals surface area contributed by atoms with Crippen LogP contribution in [0.15, 0.2) is 42.5 Å². The number of ether oxygens (including phenoxy) is 1. The molecule has 2 N–H and O–H groups in total. The predicted octanol–water partition coefficient (Wildman–Crippen LogP) is 2.69. The Kier molecular flexibility index (Phi) is 4.42. The number of nitrogens with zero attached hydrogens (tertiary/aromatic N) is 1. The van der Waals surface area contributed by atoms with Gasteiger partial charge in [-0.15, -0.1) is 0 Å². The molecule has 0 atom stereocenters. The Morgan fingerprint density at radius 2 is 2.05 bits per heavy atom. The SMILES string of the molecule is COc1cccc(CN(C)C(=O)c2ccc(N)c(F)c2)c1. The van der Waals surface area contributed by atoms with Crippen molar-refractivity contribution in [3.63, 3.8) is 0 Å². The van der Waals surface area contributed by atoms with E-state index >= 15 is 0 Å². The summed E-state index contributed by atoms with van der Waals surface area (Å²) < 4.78 is 18.6. The lowest BCUT2D eigenvalue weighted by Gasteiger charge is -2.18. The molecule has 0 spiro atoms. The van der Waals surface area contributed by atoms with Crippen molar-refractivity contribution in [2.75, 3.05) is 19.9 Å². The molecule has 0 saturated heterocycles. The molecule has 0 heterocycles. The molecule has 2 aromatic rings. The van der Waals surface area contributed by atoms with Crippen molar-refractivity contribution >= 4 is 11.6 Å². The second-order valence-corrected chi connectivity index (χ2v) is 4.75. The van der Waals surface area contributed by atoms with Crippen molar-refractivity contribution in [3.8, 4) is 5.75 Å². The van der Waals surface area contributed by atoms with Crippen LogP contribution in [0.1, 0.15) is 15.9 Å². The lowest BCUT2D eigenvalue weighted by atomic mass is 10.1. The summed E-state index contributed by atoms with van der Waals surface area (Å²) in [6.45, 7) is 0.405. The third-order valence-corrected chi connectivity index (χ3v) is 3.15. The smallest absolute Gasteiger partial charge is 0.254 e. The van der Waals surface area contributed by atoms with Gasteiger partial charge in [0, 0.05) is 19.2 Å². The van der Waals surface area contributed by atoms with E-state index in [9.17, 15) is 9.18 Å². The molecule has 0 bridgehead atoms. The second kappa shape index (κ2) is 6.26. The van der Waals surface area contributed by atoms with Crippen LogP contribution in [0.2, 0.25) is 0 Å². The largest absolute Gasteiger partial charge is 0.497 e. The highest BCUT2D eigenvalue weighted by molar-refractivity contribution is 5.94. The summed E-state index contributed by atoms with van der Waals surface area (Å²) in [6, 6.07) is 11.5. The van der Waals surface area contributed by atoms with Crippen LogP contribution in [-0.4, -0.2) is 25.0 Å². The molecule has 4 nitrogen and oxygen atoms in total. The molecule has 0 aliphatic carbocycles. The normalized spacial score (nSPS) is 10.2. The van der Waals surface area contributed by atoms with E-state index in [0.717, 1.165) is 17.4 Å². The van der Waals surface area contributed by atoms with Gasteiger partial charge < -0.3 is 15.4 Å². The van der Waals surface area contributed by atoms with Crippen molar-refractivity contribution in [1.82, 2.24) is 4.90 Å². The van der Waals surface area contributed by atoms with Crippen LogP contribution in [0.4, 0.5) is 10.1 Å². The molecule has 0 aromatic heterocycles. The number of halogens is 1. The van der Waals surface area contributed by atoms with E-state index in [0.29, 0.717) is 6.54 Å². The maximum atomic E-state index is 13.4. The van der Waals surface area contributed by atoms with Crippen LogP contribution >= 0.6 is 0 Å². The van der Waals surface area contributed by atoms with Crippen LogP contribution in [-0.2, 0) is 6.54 Å². The minimum absolute atomic E-state index is 0.0296. The highest BCUT2D eigenvalue weighted by Gasteiger charge is 2.14. The van der Waals surface area contributed by atoms with Crippen LogP contribution in [0, 0.1) is 5.82 Å². The molecule has 0 aliphatic rings. The summed E-state index contributed by atoms with van der Waals surface area (Å²) in [4.78, 5) is 13.8. The van der Waals surface area contributed by atoms with Gasteiger partial charge in [-0.2, -0.15) is 0 Å². The van der Waals surface area contributed by atoms with E-state index in [1.807, 2.05) is 24.3 Å². The maximum Gasteiger partial charge on any atom is 0.254 e. The summed E-state index contributed by atoms with van der Waals surface area (Å²) >= 11 is 0. The Labute approximate surface area is 122 Å². The summed E-state index contributed by atoms with van der Waals surface area (Å²) in [6.07, 6.45) is 0. The van der Waals surface area contributed by atoms with Gasteiger partial charge >= 0.3 is 0 Å². The molecule has 0 fully saturated rings. The van der Waals surface area contributed by atoms with E-state index in [-0.39, 0.29) is 17.2 Å². The summed E-state index contributed by atoms with van der Waals surface area (Å²) in [7, 11) is 3.25. The van der Waals surface area contributed by atoms with Gasteiger partial charge in [0.1, 0.15) is 11.6 Å². The molecule has 2 aromatic carbocycles. The number of carbonyl (C=O) groups is 1. The predicted molar refractivity (Wildman–Crippen MR) is 79.6 cm³/mol. The maximum absolute atomic E-state index is 13.4. The molecule has 2 rings (SSSR count). The van der Waals surface area contributed by atoms with Crippen LogP contribution in [0.25, 0.3) is 0 Å². The Balaban J connectivity index is 2.13. The highest BCUT2D eigenvalue weighted by atomic mass is 19.1. The summed E-state index contributed by atoms with van der Waals surface area (Å²) in [5, 5.41) is 0. The Morgan fingerprint density at radius 1 is 1.29 bits per heavy atom. The number of carbonyl (C=O) groups excluding carboxylic acids is 1. The van der Waals surface area contributed by atoms with Crippen molar-refractivity contribution in [2.24, 2.45) is 0 Å². The number of hydrogen-bond acceptors (Lipinski definition) is 3. The van der Waals surface area contributed by atoms with E-state index in [1.54, 1.807) is 14.2 Å². The highest BCUT2D eigenvalue weighted by Crippen LogP contribution is 2.17. The number of amides is 1. The van der Waals surface area contributed by atoms with Crippen molar-refractivity contribution in [3.05, 3.63) is 59.4 Å². The molecule has 0 radical (unpaired) electrons. The minimum atomic E-state index is -0.587. The molecule has 0 aliphatic heterocycles. The van der Waals surface area contributed by atoms with E-state index in [1.165, 1.54) is 17.0 Å². The molecular formula is C16H17FN2O2. The van der Waals surface area contributed by atoms with Crippen LogP contribution < -0.4 is 10.5 Å². The van der Waals surface area contributed by atoms with Gasteiger partial charge in [-0.05, 0) is 35.9 Å². The average Bonchev–Trinajstić information content (AvgIpc) is 2.49. The fourth-order valence-electron chi connectivity index (χ4n) is 2.00. The Morgan fingerprint density at radius 3 is 2.71 bits per heavy atom. The first-order valence-electron chi connectivity index (χ1n) is 6.44. The molecule has 5 heteroatoms. The molecule has 1 amide bonds. The lowest BCUT2D eigenvalue weighted by molar-refractivity contribution is 0.0784. The molecular weight excluding hydrogens is 271 g/mol. The van der Waals surface area contributed by atoms with Gasteiger partial charge in [0.15, 0.2) is 0 Å². The number of nitrogen functional groups attached to an aromatic ring is 1. The Bertz CT molecular complexity index is 658. The van der Waals surface area contributed by atoms with E-state index in [2.05, 4.69) is 0 Å². The monoisotopic (exact) mass is 288 g/mol. The number of hydrogen-bond donors (Lipinski definition) is 1. The second-order valence-electron chi connectivity index (χ2n) is 4.75. The molecule has 0 saturated carbocycles. The number of rotatable bonds is 4. The van der Waals surface area contributed by atoms with Crippen LogP contribution in [0.5, 0.6) is 5.75 Å². The van der Waals surface area contributed by atoms with Gasteiger partial charge in [-0.3, -0.25) is 4.79 Å². The first kappa shape index (κ1) is 14.8. The first-order valence-corrected chi connectivity index (χ1v) is 6.44. The standard InChI is InChI=1S/C16H17FN2O2/c1-19(10-11-4-3-5-13(8-11)21-2)16(20)12-6-7-15(18)14(17)9-12/h3-9H,10,18H2,1-2H3. The van der Waals surface area contributed by atoms with Gasteiger partial charge in [0.2, 0.25) is 0 Å². The van der Waals surface area contributed by atoms with E-state index in [4.69, 9.17) is 10.5 Å². The zero-order chi connectivity index (χ0) is 15.4. The van der Waals surface area contributed by atoms with Gasteiger partial charge in [-0.25, -0.2) is 4.39 Å². The zero-order valence-electron chi connectivity index (χ0n) is 12.0. The van der Waals surface area contributed by atoms with Crippen molar-refractivity contribution in [2.45, 2.75) is 6.54 Å². The number of methoxy groups -OCH3 is 1. The number of anilines is 1. The van der Waals surface area contributed by atoms with E-state index < -0.39 is 5.82 Å². The zero-order valence-corrected chi connectivity index (χ0v) is 12.0. The quantitative estimate of drug-likeness (QED) is 0.880. The fourth-order valence-corrected chi connectivity index (χ4v) is 2.00. The summed E-state index contributed by atoms with van der Waals surface area (Å²) in [5.41, 5.74) is 6.64. The third kappa shape index (κ3) is 3.51. The number of nitrogens with two attached hydrogens (primary N) is 1. The first-order chi connectivity index (χ1) is 10.0.